The van der Waals surface area contributed by atoms with Crippen LogP contribution in [0.4, 0.5) is 11.6 Å². The number of ether oxygens (including phenoxy) is 2. The van der Waals surface area contributed by atoms with Gasteiger partial charge in [-0.3, -0.25) is 9.36 Å². The zero-order chi connectivity index (χ0) is 25.4. The van der Waals surface area contributed by atoms with E-state index in [1.807, 2.05) is 31.2 Å². The average Bonchev–Trinajstić information content (AvgIpc) is 3.25. The quantitative estimate of drug-likeness (QED) is 0.347. The fourth-order valence-corrected chi connectivity index (χ4v) is 4.73. The van der Waals surface area contributed by atoms with Crippen LogP contribution in [0.25, 0.3) is 11.0 Å². The number of fused-ring (bicyclic) bond motifs is 3. The summed E-state index contributed by atoms with van der Waals surface area (Å²) >= 11 is 0. The minimum absolute atomic E-state index is 0.218. The zero-order valence-electron chi connectivity index (χ0n) is 21.1. The number of aromatic nitrogens is 2. The van der Waals surface area contributed by atoms with E-state index in [0.717, 1.165) is 22.3 Å². The number of hydrogen-bond donors (Lipinski definition) is 2. The molecule has 1 aromatic heterocycles. The number of imidazole rings is 1. The molecule has 7 nitrogen and oxygen atoms in total. The predicted molar refractivity (Wildman–Crippen MR) is 143 cm³/mol. The maximum absolute atomic E-state index is 13.9. The number of carbonyl (C=O) groups is 1. The molecule has 0 bridgehead atoms. The lowest BCUT2D eigenvalue weighted by Gasteiger charge is -2.31. The molecule has 0 radical (unpaired) electrons. The number of rotatable bonds is 6. The van der Waals surface area contributed by atoms with Gasteiger partial charge in [-0.15, -0.1) is 0 Å². The molecule has 5 rings (SSSR count). The van der Waals surface area contributed by atoms with E-state index in [1.165, 1.54) is 5.56 Å². The second kappa shape index (κ2) is 9.41. The largest absolute Gasteiger partial charge is 0.497 e. The first-order valence-electron chi connectivity index (χ1n) is 12.0. The highest BCUT2D eigenvalue weighted by atomic mass is 16.5. The molecule has 4 aromatic rings. The first kappa shape index (κ1) is 23.5. The van der Waals surface area contributed by atoms with Gasteiger partial charge in [0.15, 0.2) is 0 Å². The van der Waals surface area contributed by atoms with Crippen molar-refractivity contribution in [3.05, 3.63) is 89.1 Å². The van der Waals surface area contributed by atoms with Gasteiger partial charge < -0.3 is 20.1 Å². The Kier molecular flexibility index (Phi) is 6.14. The smallest absolute Gasteiger partial charge is 0.255 e. The second-order valence-corrected chi connectivity index (χ2v) is 9.20. The number of nitrogens with one attached hydrogen (secondary N) is 2. The first-order valence-corrected chi connectivity index (χ1v) is 12.0. The van der Waals surface area contributed by atoms with Crippen LogP contribution in [0.2, 0.25) is 0 Å². The van der Waals surface area contributed by atoms with Gasteiger partial charge in [0.05, 0.1) is 42.6 Å². The fourth-order valence-electron chi connectivity index (χ4n) is 4.73. The summed E-state index contributed by atoms with van der Waals surface area (Å²) in [5.41, 5.74) is 6.02. The van der Waals surface area contributed by atoms with E-state index in [1.54, 1.807) is 32.4 Å². The Balaban J connectivity index is 1.62. The van der Waals surface area contributed by atoms with Gasteiger partial charge in [-0.25, -0.2) is 4.98 Å². The molecule has 0 unspecified atom stereocenters. The van der Waals surface area contributed by atoms with E-state index in [-0.39, 0.29) is 11.9 Å². The molecular weight excluding hydrogens is 452 g/mol. The van der Waals surface area contributed by atoms with Crippen molar-refractivity contribution in [2.45, 2.75) is 32.7 Å². The van der Waals surface area contributed by atoms with E-state index in [0.29, 0.717) is 34.6 Å². The maximum atomic E-state index is 13.9. The first-order chi connectivity index (χ1) is 17.4. The van der Waals surface area contributed by atoms with E-state index in [4.69, 9.17) is 14.5 Å². The molecule has 1 aliphatic heterocycles. The van der Waals surface area contributed by atoms with E-state index >= 15 is 0 Å². The highest BCUT2D eigenvalue weighted by molar-refractivity contribution is 6.07. The summed E-state index contributed by atoms with van der Waals surface area (Å²) in [4.78, 5) is 18.7. The Hall–Kier alpha value is -4.26. The van der Waals surface area contributed by atoms with Gasteiger partial charge in [-0.1, -0.05) is 50.2 Å². The highest BCUT2D eigenvalue weighted by Crippen LogP contribution is 2.40. The molecule has 0 spiro atoms. The number of anilines is 2. The Labute approximate surface area is 210 Å². The Morgan fingerprint density at radius 2 is 1.78 bits per heavy atom. The van der Waals surface area contributed by atoms with Crippen molar-refractivity contribution in [1.82, 2.24) is 9.55 Å². The van der Waals surface area contributed by atoms with Crippen molar-refractivity contribution in [3.63, 3.8) is 0 Å². The molecule has 1 aliphatic rings. The van der Waals surface area contributed by atoms with Crippen molar-refractivity contribution < 1.29 is 14.3 Å². The van der Waals surface area contributed by atoms with E-state index in [9.17, 15) is 4.79 Å². The molecule has 0 aliphatic carbocycles. The van der Waals surface area contributed by atoms with Crippen LogP contribution in [-0.2, 0) is 4.79 Å². The molecule has 2 heterocycles. The summed E-state index contributed by atoms with van der Waals surface area (Å²) in [6, 6.07) is 21.4. The third kappa shape index (κ3) is 4.06. The summed E-state index contributed by atoms with van der Waals surface area (Å²) in [6.07, 6.45) is 0. The summed E-state index contributed by atoms with van der Waals surface area (Å²) < 4.78 is 12.9. The monoisotopic (exact) mass is 482 g/mol. The Morgan fingerprint density at radius 3 is 2.47 bits per heavy atom. The highest BCUT2D eigenvalue weighted by Gasteiger charge is 2.34. The van der Waals surface area contributed by atoms with Crippen molar-refractivity contribution in [1.29, 1.82) is 0 Å². The number of methoxy groups -OCH3 is 2. The number of amides is 1. The van der Waals surface area contributed by atoms with E-state index in [2.05, 4.69) is 53.3 Å². The SMILES string of the molecule is COc1ccc(NC(=O)C2=C(C)Nc3nc4ccccc4n3[C@@H]2c2ccc(C(C)C)cc2)c(OC)c1. The van der Waals surface area contributed by atoms with Gasteiger partial charge in [0, 0.05) is 11.8 Å². The van der Waals surface area contributed by atoms with Crippen molar-refractivity contribution in [3.8, 4) is 11.5 Å². The molecule has 1 atom stereocenters. The van der Waals surface area contributed by atoms with Crippen LogP contribution in [0, 0.1) is 0 Å². The third-order valence-corrected chi connectivity index (χ3v) is 6.65. The van der Waals surface area contributed by atoms with Gasteiger partial charge in [-0.2, -0.15) is 0 Å². The number of carbonyl (C=O) groups excluding carboxylic acids is 1. The number of para-hydroxylation sites is 2. The van der Waals surface area contributed by atoms with Crippen LogP contribution in [0.5, 0.6) is 11.5 Å². The number of allylic oxidation sites excluding steroid dienone is 1. The predicted octanol–water partition coefficient (Wildman–Crippen LogP) is 6.10. The molecule has 7 heteroatoms. The summed E-state index contributed by atoms with van der Waals surface area (Å²) in [5, 5.41) is 6.42. The topological polar surface area (TPSA) is 77.4 Å². The van der Waals surface area contributed by atoms with Gasteiger partial charge in [-0.05, 0) is 48.2 Å². The van der Waals surface area contributed by atoms with Gasteiger partial charge in [0.25, 0.3) is 5.91 Å². The van der Waals surface area contributed by atoms with Crippen LogP contribution in [0.1, 0.15) is 43.9 Å². The number of nitrogens with zero attached hydrogens (tertiary/aromatic N) is 2. The summed E-state index contributed by atoms with van der Waals surface area (Å²) in [5.74, 6) is 2.09. The molecular formula is C29H30N4O3. The molecule has 3 aromatic carbocycles. The molecule has 1 amide bonds. The van der Waals surface area contributed by atoms with Crippen LogP contribution < -0.4 is 20.1 Å². The fraction of sp³-hybridized carbons (Fsp3) is 0.241. The minimum Gasteiger partial charge on any atom is -0.497 e. The maximum Gasteiger partial charge on any atom is 0.255 e. The van der Waals surface area contributed by atoms with E-state index < -0.39 is 0 Å². The minimum atomic E-state index is -0.362. The molecule has 184 valence electrons. The molecule has 0 saturated heterocycles. The lowest BCUT2D eigenvalue weighted by Crippen LogP contribution is -2.31. The molecule has 0 saturated carbocycles. The molecule has 0 fully saturated rings. The van der Waals surface area contributed by atoms with Crippen LogP contribution in [0.3, 0.4) is 0 Å². The number of benzene rings is 3. The standard InChI is InChI=1S/C29H30N4O3/c1-17(2)19-10-12-20(13-11-19)27-26(28(34)31-23-15-14-21(35-4)16-25(23)36-5)18(3)30-29-32-22-8-6-7-9-24(22)33(27)29/h6-17,27H,1-5H3,(H,30,32)(H,31,34)/t27-/m1/s1. The van der Waals surface area contributed by atoms with Gasteiger partial charge in [0.1, 0.15) is 11.5 Å². The normalized spacial score (nSPS) is 15.0. The zero-order valence-corrected chi connectivity index (χ0v) is 21.1. The van der Waals surface area contributed by atoms with Gasteiger partial charge in [0.2, 0.25) is 5.95 Å². The number of hydrogen-bond acceptors (Lipinski definition) is 5. The van der Waals surface area contributed by atoms with Crippen LogP contribution in [-0.4, -0.2) is 29.7 Å². The summed E-state index contributed by atoms with van der Waals surface area (Å²) in [7, 11) is 3.16. The van der Waals surface area contributed by atoms with Crippen molar-refractivity contribution in [2.24, 2.45) is 0 Å². The van der Waals surface area contributed by atoms with Crippen molar-refractivity contribution >= 4 is 28.6 Å². The third-order valence-electron chi connectivity index (χ3n) is 6.65. The van der Waals surface area contributed by atoms with Crippen LogP contribution >= 0.6 is 0 Å². The lowest BCUT2D eigenvalue weighted by molar-refractivity contribution is -0.113. The Bertz CT molecular complexity index is 1470. The lowest BCUT2D eigenvalue weighted by atomic mass is 9.92. The average molecular weight is 483 g/mol. The van der Waals surface area contributed by atoms with Crippen molar-refractivity contribution in [2.75, 3.05) is 24.9 Å². The van der Waals surface area contributed by atoms with Crippen LogP contribution in [0.15, 0.2) is 78.0 Å². The second-order valence-electron chi connectivity index (χ2n) is 9.20. The summed E-state index contributed by atoms with van der Waals surface area (Å²) in [6.45, 7) is 6.26. The molecule has 36 heavy (non-hydrogen) atoms. The van der Waals surface area contributed by atoms with Gasteiger partial charge >= 0.3 is 0 Å². The molecule has 2 N–H and O–H groups in total. The Morgan fingerprint density at radius 1 is 1.03 bits per heavy atom.